The van der Waals surface area contributed by atoms with Crippen molar-refractivity contribution in [2.24, 2.45) is 0 Å². The van der Waals surface area contributed by atoms with E-state index >= 15 is 0 Å². The monoisotopic (exact) mass is 575 g/mol. The first-order valence-electron chi connectivity index (χ1n) is 11.6. The molecule has 0 aliphatic carbocycles. The van der Waals surface area contributed by atoms with Crippen LogP contribution in [0.1, 0.15) is 44.2 Å². The van der Waals surface area contributed by atoms with Gasteiger partial charge in [-0.2, -0.15) is 0 Å². The van der Waals surface area contributed by atoms with Crippen molar-refractivity contribution in [3.63, 3.8) is 0 Å². The first kappa shape index (κ1) is 30.2. The number of halogens is 3. The lowest BCUT2D eigenvalue weighted by atomic mass is 10.1. The van der Waals surface area contributed by atoms with Crippen LogP contribution in [0.5, 0.6) is 0 Å². The molecule has 11 heteroatoms. The molecule has 0 saturated heterocycles. The van der Waals surface area contributed by atoms with E-state index in [1.165, 1.54) is 4.90 Å². The summed E-state index contributed by atoms with van der Waals surface area (Å²) in [5, 5.41) is 4.01. The van der Waals surface area contributed by atoms with E-state index in [0.717, 1.165) is 23.4 Å². The van der Waals surface area contributed by atoms with Crippen LogP contribution in [0.25, 0.3) is 0 Å². The number of carbonyl (C=O) groups is 2. The number of sulfonamides is 1. The molecule has 198 valence electrons. The number of aryl methyl sites for hydroxylation is 1. The highest BCUT2D eigenvalue weighted by Crippen LogP contribution is 2.27. The molecule has 0 aliphatic heterocycles. The Bertz CT molecular complexity index is 1190. The molecule has 0 heterocycles. The summed E-state index contributed by atoms with van der Waals surface area (Å²) in [6.07, 6.45) is 3.09. The Balaban J connectivity index is 2.46. The number of amides is 2. The molecule has 0 radical (unpaired) electrons. The fourth-order valence-electron chi connectivity index (χ4n) is 3.75. The van der Waals surface area contributed by atoms with E-state index in [9.17, 15) is 18.0 Å². The van der Waals surface area contributed by atoms with Crippen LogP contribution in [0.4, 0.5) is 5.69 Å². The number of rotatable bonds is 12. The lowest BCUT2D eigenvalue weighted by Crippen LogP contribution is -2.52. The lowest BCUT2D eigenvalue weighted by molar-refractivity contribution is -0.140. The predicted octanol–water partition coefficient (Wildman–Crippen LogP) is 5.44. The third kappa shape index (κ3) is 8.26. The van der Waals surface area contributed by atoms with Crippen LogP contribution in [0.3, 0.4) is 0 Å². The quantitative estimate of drug-likeness (QED) is 0.341. The molecule has 0 bridgehead atoms. The molecule has 0 saturated carbocycles. The van der Waals surface area contributed by atoms with Crippen molar-refractivity contribution in [3.8, 4) is 0 Å². The zero-order valence-corrected chi connectivity index (χ0v) is 23.9. The Morgan fingerprint density at radius 2 is 1.72 bits per heavy atom. The Kier molecular flexibility index (Phi) is 11.3. The molecule has 0 spiro atoms. The largest absolute Gasteiger partial charge is 0.354 e. The summed E-state index contributed by atoms with van der Waals surface area (Å²) in [6.45, 7) is 5.58. The lowest BCUT2D eigenvalue weighted by Gasteiger charge is -2.33. The normalized spacial score (nSPS) is 12.2. The van der Waals surface area contributed by atoms with Crippen LogP contribution in [0.2, 0.25) is 15.1 Å². The van der Waals surface area contributed by atoms with E-state index in [2.05, 4.69) is 5.32 Å². The maximum atomic E-state index is 13.7. The smallest absolute Gasteiger partial charge is 0.244 e. The van der Waals surface area contributed by atoms with E-state index in [4.69, 9.17) is 34.8 Å². The molecule has 2 amide bonds. The van der Waals surface area contributed by atoms with E-state index in [-0.39, 0.29) is 12.5 Å². The number of benzene rings is 2. The molecule has 0 fully saturated rings. The summed E-state index contributed by atoms with van der Waals surface area (Å²) >= 11 is 18.3. The first-order valence-corrected chi connectivity index (χ1v) is 14.6. The topological polar surface area (TPSA) is 86.8 Å². The van der Waals surface area contributed by atoms with Crippen molar-refractivity contribution >= 4 is 62.3 Å². The molecule has 1 atom stereocenters. The van der Waals surface area contributed by atoms with Crippen LogP contribution in [0, 0.1) is 6.92 Å². The second-order valence-electron chi connectivity index (χ2n) is 8.54. The van der Waals surface area contributed by atoms with E-state index in [0.29, 0.717) is 44.8 Å². The number of hydrogen-bond donors (Lipinski definition) is 1. The Hall–Kier alpha value is -2.00. The zero-order chi connectivity index (χ0) is 27.0. The molecule has 2 aromatic rings. The Morgan fingerprint density at radius 1 is 1.03 bits per heavy atom. The average Bonchev–Trinajstić information content (AvgIpc) is 2.79. The van der Waals surface area contributed by atoms with E-state index < -0.39 is 28.5 Å². The van der Waals surface area contributed by atoms with Gasteiger partial charge in [-0.15, -0.1) is 0 Å². The number of unbranched alkanes of at least 4 members (excludes halogenated alkanes) is 1. The number of nitrogens with zero attached hydrogens (tertiary/aromatic N) is 2. The van der Waals surface area contributed by atoms with Crippen molar-refractivity contribution in [1.82, 2.24) is 10.2 Å². The van der Waals surface area contributed by atoms with Crippen molar-refractivity contribution in [3.05, 3.63) is 62.6 Å². The maximum Gasteiger partial charge on any atom is 0.244 e. The van der Waals surface area contributed by atoms with E-state index in [1.54, 1.807) is 50.2 Å². The second kappa shape index (κ2) is 13.5. The van der Waals surface area contributed by atoms with Gasteiger partial charge < -0.3 is 10.2 Å². The molecule has 0 aromatic heterocycles. The minimum atomic E-state index is -3.83. The van der Waals surface area contributed by atoms with Crippen molar-refractivity contribution in [2.75, 3.05) is 23.7 Å². The van der Waals surface area contributed by atoms with E-state index in [1.807, 2.05) is 6.92 Å². The molecule has 0 aliphatic rings. The summed E-state index contributed by atoms with van der Waals surface area (Å²) < 4.78 is 26.5. The minimum Gasteiger partial charge on any atom is -0.354 e. The number of hydrogen-bond acceptors (Lipinski definition) is 4. The molecule has 36 heavy (non-hydrogen) atoms. The van der Waals surface area contributed by atoms with Gasteiger partial charge in [-0.05, 0) is 61.2 Å². The maximum absolute atomic E-state index is 13.7. The summed E-state index contributed by atoms with van der Waals surface area (Å²) in [5.41, 5.74) is 1.59. The predicted molar refractivity (Wildman–Crippen MR) is 147 cm³/mol. The van der Waals surface area contributed by atoms with Crippen LogP contribution in [-0.4, -0.2) is 50.5 Å². The zero-order valence-electron chi connectivity index (χ0n) is 20.9. The summed E-state index contributed by atoms with van der Waals surface area (Å²) in [5.74, 6) is -0.828. The van der Waals surface area contributed by atoms with Gasteiger partial charge in [0.1, 0.15) is 12.6 Å². The van der Waals surface area contributed by atoms with Gasteiger partial charge >= 0.3 is 0 Å². The van der Waals surface area contributed by atoms with Crippen LogP contribution < -0.4 is 9.62 Å². The molecule has 2 rings (SSSR count). The molecule has 2 aromatic carbocycles. The highest BCUT2D eigenvalue weighted by molar-refractivity contribution is 7.92. The fraction of sp³-hybridized carbons (Fsp3) is 0.440. The number of anilines is 1. The van der Waals surface area contributed by atoms with Gasteiger partial charge in [-0.3, -0.25) is 13.9 Å². The molecule has 7 nitrogen and oxygen atoms in total. The van der Waals surface area contributed by atoms with Gasteiger partial charge in [-0.25, -0.2) is 8.42 Å². The van der Waals surface area contributed by atoms with Crippen LogP contribution in [0.15, 0.2) is 36.4 Å². The fourth-order valence-corrected chi connectivity index (χ4v) is 5.21. The average molecular weight is 577 g/mol. The van der Waals surface area contributed by atoms with Gasteiger partial charge in [0.15, 0.2) is 0 Å². The number of nitrogens with one attached hydrogen (secondary N) is 1. The van der Waals surface area contributed by atoms with Gasteiger partial charge in [-0.1, -0.05) is 61.1 Å². The SMILES string of the molecule is CCCCNC(=O)[C@@H](CC)N(Cc1ccc(Cl)c(Cl)c1)C(=O)CN(c1ccc(Cl)cc1C)S(C)(=O)=O. The Labute approximate surface area is 228 Å². The molecule has 0 unspecified atom stereocenters. The van der Waals surface area contributed by atoms with Crippen molar-refractivity contribution in [2.45, 2.75) is 52.6 Å². The van der Waals surface area contributed by atoms with Gasteiger partial charge in [0.25, 0.3) is 0 Å². The minimum absolute atomic E-state index is 0.0482. The third-order valence-corrected chi connectivity index (χ3v) is 7.76. The summed E-state index contributed by atoms with van der Waals surface area (Å²) in [6, 6.07) is 8.90. The van der Waals surface area contributed by atoms with Crippen molar-refractivity contribution in [1.29, 1.82) is 0 Å². The second-order valence-corrected chi connectivity index (χ2v) is 11.7. The highest BCUT2D eigenvalue weighted by Gasteiger charge is 2.32. The molecular weight excluding hydrogens is 545 g/mol. The van der Waals surface area contributed by atoms with Gasteiger partial charge in [0.05, 0.1) is 22.0 Å². The van der Waals surface area contributed by atoms with Crippen LogP contribution in [-0.2, 0) is 26.2 Å². The summed E-state index contributed by atoms with van der Waals surface area (Å²) in [7, 11) is -3.83. The molecular formula is C25H32Cl3N3O4S. The van der Waals surface area contributed by atoms with Gasteiger partial charge in [0, 0.05) is 18.1 Å². The van der Waals surface area contributed by atoms with Crippen molar-refractivity contribution < 1.29 is 18.0 Å². The Morgan fingerprint density at radius 3 is 2.28 bits per heavy atom. The van der Waals surface area contributed by atoms with Crippen LogP contribution >= 0.6 is 34.8 Å². The third-order valence-electron chi connectivity index (χ3n) is 5.66. The molecule has 1 N–H and O–H groups in total. The summed E-state index contributed by atoms with van der Waals surface area (Å²) in [4.78, 5) is 28.1. The van der Waals surface area contributed by atoms with Gasteiger partial charge in [0.2, 0.25) is 21.8 Å². The highest BCUT2D eigenvalue weighted by atomic mass is 35.5. The number of carbonyl (C=O) groups excluding carboxylic acids is 2. The standard InChI is InChI=1S/C25H32Cl3N3O4S/c1-5-7-12-29-25(33)22(6-2)30(15-18-8-10-20(27)21(28)14-18)24(32)16-31(36(4,34)35)23-11-9-19(26)13-17(23)3/h8-11,13-14,22H,5-7,12,15-16H2,1-4H3,(H,29,33)/t22-/m1/s1. The first-order chi connectivity index (χ1) is 16.9.